The topological polar surface area (TPSA) is 3.24 Å². The number of hydrogen-bond acceptors (Lipinski definition) is 1. The minimum absolute atomic E-state index is 1.14. The van der Waals surface area contributed by atoms with Gasteiger partial charge in [-0.2, -0.15) is 0 Å². The Morgan fingerprint density at radius 2 is 0.771 bits per heavy atom. The summed E-state index contributed by atoms with van der Waals surface area (Å²) >= 11 is 0. The first kappa shape index (κ1) is 22.4. The Kier molecular flexibility index (Phi) is 6.59. The van der Waals surface area contributed by atoms with Crippen LogP contribution in [0.3, 0.4) is 0 Å². The molecule has 0 aliphatic rings. The minimum Gasteiger partial charge on any atom is -0.311 e. The lowest BCUT2D eigenvalue weighted by Crippen LogP contribution is -2.09. The molecule has 0 radical (unpaired) electrons. The highest BCUT2D eigenvalue weighted by Crippen LogP contribution is 2.35. The Labute approximate surface area is 208 Å². The van der Waals surface area contributed by atoms with Gasteiger partial charge < -0.3 is 4.90 Å². The van der Waals surface area contributed by atoms with Gasteiger partial charge in [0.15, 0.2) is 0 Å². The summed E-state index contributed by atoms with van der Waals surface area (Å²) in [5.74, 6) is 0. The first-order valence-corrected chi connectivity index (χ1v) is 12.0. The van der Waals surface area contributed by atoms with Gasteiger partial charge in [0.1, 0.15) is 0 Å². The van der Waals surface area contributed by atoms with Crippen molar-refractivity contribution in [3.63, 3.8) is 0 Å². The third-order valence-corrected chi connectivity index (χ3v) is 6.22. The van der Waals surface area contributed by atoms with Crippen molar-refractivity contribution in [3.8, 4) is 11.1 Å². The Morgan fingerprint density at radius 3 is 1.23 bits per heavy atom. The van der Waals surface area contributed by atoms with Gasteiger partial charge in [0, 0.05) is 17.1 Å². The van der Waals surface area contributed by atoms with E-state index in [0.29, 0.717) is 0 Å². The van der Waals surface area contributed by atoms with Gasteiger partial charge in [-0.3, -0.25) is 0 Å². The molecule has 5 rings (SSSR count). The van der Waals surface area contributed by atoms with Crippen molar-refractivity contribution in [2.24, 2.45) is 0 Å². The van der Waals surface area contributed by atoms with E-state index in [-0.39, 0.29) is 0 Å². The summed E-state index contributed by atoms with van der Waals surface area (Å²) in [6.07, 6.45) is 4.34. The van der Waals surface area contributed by atoms with Crippen LogP contribution in [0, 0.1) is 13.8 Å². The molecule has 0 heterocycles. The van der Waals surface area contributed by atoms with Crippen molar-refractivity contribution in [3.05, 3.63) is 150 Å². The molecule has 0 unspecified atom stereocenters. The molecule has 0 saturated heterocycles. The first-order chi connectivity index (χ1) is 17.2. The highest BCUT2D eigenvalue weighted by atomic mass is 15.1. The lowest BCUT2D eigenvalue weighted by molar-refractivity contribution is 1.27. The molecule has 5 aromatic rings. The highest BCUT2D eigenvalue weighted by Gasteiger charge is 2.12. The maximum atomic E-state index is 2.30. The molecule has 0 fully saturated rings. The van der Waals surface area contributed by atoms with Crippen molar-refractivity contribution in [1.29, 1.82) is 0 Å². The molecule has 0 amide bonds. The summed E-state index contributed by atoms with van der Waals surface area (Å²) in [5, 5.41) is 0. The molecular formula is C34H29N. The number of rotatable bonds is 6. The largest absolute Gasteiger partial charge is 0.311 e. The summed E-state index contributed by atoms with van der Waals surface area (Å²) in [5.41, 5.74) is 10.8. The van der Waals surface area contributed by atoms with Crippen molar-refractivity contribution < 1.29 is 0 Å². The standard InChI is InChI=1S/C34H29N/c1-26-8-20-32(21-9-26)35(33-22-10-27(2)11-23-33)34-24-16-29(17-25-34)13-12-28-14-18-31(19-15-28)30-6-4-3-5-7-30/h3-25H,1-2H3/b13-12+. The van der Waals surface area contributed by atoms with E-state index in [2.05, 4.69) is 152 Å². The fourth-order valence-corrected chi connectivity index (χ4v) is 4.18. The number of hydrogen-bond donors (Lipinski definition) is 0. The van der Waals surface area contributed by atoms with E-state index in [4.69, 9.17) is 0 Å². The SMILES string of the molecule is Cc1ccc(N(c2ccc(C)cc2)c2ccc(/C=C/c3ccc(-c4ccccc4)cc3)cc2)cc1. The van der Waals surface area contributed by atoms with Crippen LogP contribution in [0.5, 0.6) is 0 Å². The molecule has 0 aliphatic carbocycles. The molecule has 1 heteroatoms. The zero-order chi connectivity index (χ0) is 24.0. The highest BCUT2D eigenvalue weighted by molar-refractivity contribution is 5.78. The van der Waals surface area contributed by atoms with E-state index < -0.39 is 0 Å². The van der Waals surface area contributed by atoms with Gasteiger partial charge in [0.2, 0.25) is 0 Å². The van der Waals surface area contributed by atoms with Crippen molar-refractivity contribution in [1.82, 2.24) is 0 Å². The number of anilines is 3. The molecule has 0 N–H and O–H groups in total. The quantitative estimate of drug-likeness (QED) is 0.232. The third kappa shape index (κ3) is 5.42. The molecule has 0 aromatic heterocycles. The van der Waals surface area contributed by atoms with E-state index in [0.717, 1.165) is 17.1 Å². The Morgan fingerprint density at radius 1 is 0.400 bits per heavy atom. The molecule has 0 atom stereocenters. The maximum absolute atomic E-state index is 2.30. The van der Waals surface area contributed by atoms with E-state index >= 15 is 0 Å². The van der Waals surface area contributed by atoms with E-state index in [1.54, 1.807) is 0 Å². The average Bonchev–Trinajstić information content (AvgIpc) is 2.91. The van der Waals surface area contributed by atoms with Crippen molar-refractivity contribution >= 4 is 29.2 Å². The van der Waals surface area contributed by atoms with Crippen LogP contribution in [0.15, 0.2) is 127 Å². The van der Waals surface area contributed by atoms with Crippen LogP contribution in [-0.2, 0) is 0 Å². The molecule has 5 aromatic carbocycles. The first-order valence-electron chi connectivity index (χ1n) is 12.0. The summed E-state index contributed by atoms with van der Waals surface area (Å²) in [6.45, 7) is 4.24. The summed E-state index contributed by atoms with van der Waals surface area (Å²) < 4.78 is 0. The molecular weight excluding hydrogens is 422 g/mol. The molecule has 0 bridgehead atoms. The van der Waals surface area contributed by atoms with Gasteiger partial charge in [-0.25, -0.2) is 0 Å². The lowest BCUT2D eigenvalue weighted by atomic mass is 10.0. The predicted octanol–water partition coefficient (Wildman–Crippen LogP) is 9.61. The maximum Gasteiger partial charge on any atom is 0.0462 e. The van der Waals surface area contributed by atoms with Crippen LogP contribution >= 0.6 is 0 Å². The molecule has 1 nitrogen and oxygen atoms in total. The van der Waals surface area contributed by atoms with E-state index in [1.807, 2.05) is 6.07 Å². The van der Waals surface area contributed by atoms with E-state index in [9.17, 15) is 0 Å². The fraction of sp³-hybridized carbons (Fsp3) is 0.0588. The predicted molar refractivity (Wildman–Crippen MR) is 151 cm³/mol. The lowest BCUT2D eigenvalue weighted by Gasteiger charge is -2.25. The monoisotopic (exact) mass is 451 g/mol. The fourth-order valence-electron chi connectivity index (χ4n) is 4.18. The van der Waals surface area contributed by atoms with Crippen LogP contribution in [-0.4, -0.2) is 0 Å². The molecule has 0 spiro atoms. The van der Waals surface area contributed by atoms with Gasteiger partial charge >= 0.3 is 0 Å². The minimum atomic E-state index is 1.14. The summed E-state index contributed by atoms with van der Waals surface area (Å²) in [6, 6.07) is 45.3. The van der Waals surface area contributed by atoms with E-state index in [1.165, 1.54) is 33.4 Å². The van der Waals surface area contributed by atoms with Gasteiger partial charge in [0.05, 0.1) is 0 Å². The number of aryl methyl sites for hydroxylation is 2. The van der Waals surface area contributed by atoms with Crippen LogP contribution in [0.1, 0.15) is 22.3 Å². The number of nitrogens with zero attached hydrogens (tertiary/aromatic N) is 1. The molecule has 0 aliphatic heterocycles. The Hall–Kier alpha value is -4.36. The van der Waals surface area contributed by atoms with Crippen LogP contribution in [0.4, 0.5) is 17.1 Å². The average molecular weight is 452 g/mol. The third-order valence-electron chi connectivity index (χ3n) is 6.22. The van der Waals surface area contributed by atoms with Crippen molar-refractivity contribution in [2.45, 2.75) is 13.8 Å². The zero-order valence-electron chi connectivity index (χ0n) is 20.2. The normalized spacial score (nSPS) is 11.0. The summed E-state index contributed by atoms with van der Waals surface area (Å²) in [7, 11) is 0. The van der Waals surface area contributed by atoms with Crippen LogP contribution in [0.25, 0.3) is 23.3 Å². The Bertz CT molecular complexity index is 1350. The second-order valence-electron chi connectivity index (χ2n) is 8.92. The smallest absolute Gasteiger partial charge is 0.0462 e. The zero-order valence-corrected chi connectivity index (χ0v) is 20.2. The second-order valence-corrected chi connectivity index (χ2v) is 8.92. The molecule has 35 heavy (non-hydrogen) atoms. The number of benzene rings is 5. The van der Waals surface area contributed by atoms with Crippen LogP contribution < -0.4 is 4.90 Å². The Balaban J connectivity index is 1.37. The van der Waals surface area contributed by atoms with Gasteiger partial charge in [-0.15, -0.1) is 0 Å². The van der Waals surface area contributed by atoms with Gasteiger partial charge in [0.25, 0.3) is 0 Å². The van der Waals surface area contributed by atoms with Gasteiger partial charge in [-0.05, 0) is 72.5 Å². The summed E-state index contributed by atoms with van der Waals surface area (Å²) in [4.78, 5) is 2.30. The van der Waals surface area contributed by atoms with Crippen molar-refractivity contribution in [2.75, 3.05) is 4.90 Å². The second kappa shape index (κ2) is 10.3. The molecule has 170 valence electrons. The molecule has 0 saturated carbocycles. The van der Waals surface area contributed by atoms with Crippen LogP contribution in [0.2, 0.25) is 0 Å². The van der Waals surface area contributed by atoms with Gasteiger partial charge in [-0.1, -0.05) is 114 Å².